The predicted octanol–water partition coefficient (Wildman–Crippen LogP) is 3.85. The van der Waals surface area contributed by atoms with Crippen molar-refractivity contribution in [3.8, 4) is 11.3 Å². The second kappa shape index (κ2) is 5.67. The topological polar surface area (TPSA) is 50.2 Å². The molecular formula is C13H13ClN4S. The Morgan fingerprint density at radius 3 is 2.95 bits per heavy atom. The molecule has 0 saturated heterocycles. The molecule has 4 nitrogen and oxygen atoms in total. The van der Waals surface area contributed by atoms with Crippen LogP contribution in [0.15, 0.2) is 28.7 Å². The van der Waals surface area contributed by atoms with Crippen LogP contribution in [0.2, 0.25) is 5.15 Å². The van der Waals surface area contributed by atoms with Gasteiger partial charge in [-0.05, 0) is 25.0 Å². The van der Waals surface area contributed by atoms with E-state index in [1.54, 1.807) is 23.6 Å². The molecule has 1 aliphatic heterocycles. The van der Waals surface area contributed by atoms with E-state index in [1.807, 2.05) is 11.4 Å². The van der Waals surface area contributed by atoms with Crippen LogP contribution < -0.4 is 5.32 Å². The van der Waals surface area contributed by atoms with Crippen LogP contribution in [0.4, 0.5) is 5.13 Å². The number of halogens is 1. The lowest BCUT2D eigenvalue weighted by molar-refractivity contribution is 0.737. The van der Waals surface area contributed by atoms with Gasteiger partial charge in [0.1, 0.15) is 11.0 Å². The fraction of sp³-hybridized carbons (Fsp3) is 0.308. The number of thiazole rings is 1. The third-order valence-electron chi connectivity index (χ3n) is 2.90. The molecule has 3 heterocycles. The summed E-state index contributed by atoms with van der Waals surface area (Å²) >= 11 is 7.35. The summed E-state index contributed by atoms with van der Waals surface area (Å²) < 4.78 is 0. The number of anilines is 1. The molecule has 2 aromatic rings. The van der Waals surface area contributed by atoms with Gasteiger partial charge in [0.25, 0.3) is 0 Å². The van der Waals surface area contributed by atoms with Crippen LogP contribution in [-0.4, -0.2) is 22.3 Å². The number of hydrogen-bond donors (Lipinski definition) is 1. The molecule has 0 fully saturated rings. The molecule has 0 radical (unpaired) electrons. The molecule has 0 unspecified atom stereocenters. The van der Waals surface area contributed by atoms with Crippen molar-refractivity contribution in [3.05, 3.63) is 28.9 Å². The van der Waals surface area contributed by atoms with E-state index in [1.165, 1.54) is 12.8 Å². The van der Waals surface area contributed by atoms with Gasteiger partial charge in [-0.3, -0.25) is 4.99 Å². The molecule has 2 aromatic heterocycles. The van der Waals surface area contributed by atoms with Gasteiger partial charge in [0, 0.05) is 30.1 Å². The highest BCUT2D eigenvalue weighted by molar-refractivity contribution is 7.14. The highest BCUT2D eigenvalue weighted by atomic mass is 35.5. The smallest absolute Gasteiger partial charge is 0.188 e. The Hall–Kier alpha value is -1.46. The lowest BCUT2D eigenvalue weighted by atomic mass is 10.2. The second-order valence-corrected chi connectivity index (χ2v) is 5.56. The van der Waals surface area contributed by atoms with Crippen molar-refractivity contribution in [2.75, 3.05) is 11.9 Å². The molecule has 0 spiro atoms. The number of amidine groups is 1. The quantitative estimate of drug-likeness (QED) is 0.855. The molecule has 0 amide bonds. The Labute approximate surface area is 120 Å². The zero-order valence-electron chi connectivity index (χ0n) is 10.3. The standard InChI is InChI=1S/C13H13ClN4S/c14-11-5-4-9(7-16-11)10-8-19-13(17-10)18-12-3-1-2-6-15-12/h4-5,7-8H,1-3,6H2,(H,15,17,18). The van der Waals surface area contributed by atoms with Crippen LogP contribution >= 0.6 is 22.9 Å². The number of rotatable bonds is 2. The first kappa shape index (κ1) is 12.6. The summed E-state index contributed by atoms with van der Waals surface area (Å²) in [5, 5.41) is 6.68. The Morgan fingerprint density at radius 2 is 2.21 bits per heavy atom. The van der Waals surface area contributed by atoms with Crippen LogP contribution in [0, 0.1) is 0 Å². The van der Waals surface area contributed by atoms with E-state index in [-0.39, 0.29) is 0 Å². The Bertz CT molecular complexity index is 591. The monoisotopic (exact) mass is 292 g/mol. The second-order valence-electron chi connectivity index (χ2n) is 4.32. The number of aliphatic imine (C=N–C) groups is 1. The van der Waals surface area contributed by atoms with Crippen LogP contribution in [0.1, 0.15) is 19.3 Å². The summed E-state index contributed by atoms with van der Waals surface area (Å²) in [7, 11) is 0. The average molecular weight is 293 g/mol. The van der Waals surface area contributed by atoms with E-state index in [2.05, 4.69) is 20.3 Å². The van der Waals surface area contributed by atoms with Gasteiger partial charge in [-0.25, -0.2) is 9.97 Å². The van der Waals surface area contributed by atoms with E-state index in [4.69, 9.17) is 11.6 Å². The van der Waals surface area contributed by atoms with E-state index in [0.29, 0.717) is 5.15 Å². The summed E-state index contributed by atoms with van der Waals surface area (Å²) in [5.41, 5.74) is 1.88. The van der Waals surface area contributed by atoms with Crippen LogP contribution in [0.25, 0.3) is 11.3 Å². The molecule has 19 heavy (non-hydrogen) atoms. The molecule has 0 aromatic carbocycles. The maximum Gasteiger partial charge on any atom is 0.188 e. The van der Waals surface area contributed by atoms with Crippen molar-refractivity contribution in [3.63, 3.8) is 0 Å². The van der Waals surface area contributed by atoms with Gasteiger partial charge in [0.2, 0.25) is 0 Å². The molecule has 1 aliphatic rings. The molecular weight excluding hydrogens is 280 g/mol. The van der Waals surface area contributed by atoms with Crippen molar-refractivity contribution in [2.24, 2.45) is 4.99 Å². The van der Waals surface area contributed by atoms with Crippen LogP contribution in [-0.2, 0) is 0 Å². The normalized spacial score (nSPS) is 15.1. The Balaban J connectivity index is 1.75. The van der Waals surface area contributed by atoms with Crippen molar-refractivity contribution in [1.82, 2.24) is 9.97 Å². The Morgan fingerprint density at radius 1 is 1.26 bits per heavy atom. The minimum atomic E-state index is 0.494. The van der Waals surface area contributed by atoms with E-state index in [9.17, 15) is 0 Å². The fourth-order valence-electron chi connectivity index (χ4n) is 1.91. The number of aromatic nitrogens is 2. The van der Waals surface area contributed by atoms with Crippen molar-refractivity contribution in [2.45, 2.75) is 19.3 Å². The first-order valence-electron chi connectivity index (χ1n) is 6.19. The molecule has 0 saturated carbocycles. The summed E-state index contributed by atoms with van der Waals surface area (Å²) in [6.07, 6.45) is 5.13. The summed E-state index contributed by atoms with van der Waals surface area (Å²) in [6.45, 7) is 0.918. The van der Waals surface area contributed by atoms with Gasteiger partial charge < -0.3 is 5.32 Å². The maximum atomic E-state index is 5.78. The summed E-state index contributed by atoms with van der Waals surface area (Å²) in [5.74, 6) is 1.04. The molecule has 0 bridgehead atoms. The molecule has 3 rings (SSSR count). The third-order valence-corrected chi connectivity index (χ3v) is 3.88. The lowest BCUT2D eigenvalue weighted by Gasteiger charge is -2.11. The largest absolute Gasteiger partial charge is 0.320 e. The van der Waals surface area contributed by atoms with Gasteiger partial charge in [-0.1, -0.05) is 11.6 Å². The molecule has 98 valence electrons. The number of nitrogens with one attached hydrogen (secondary N) is 1. The van der Waals surface area contributed by atoms with Crippen molar-refractivity contribution < 1.29 is 0 Å². The summed E-state index contributed by atoms with van der Waals surface area (Å²) in [6, 6.07) is 3.70. The first-order valence-corrected chi connectivity index (χ1v) is 7.45. The zero-order valence-corrected chi connectivity index (χ0v) is 11.8. The molecule has 0 aliphatic carbocycles. The van der Waals surface area contributed by atoms with Gasteiger partial charge in [-0.2, -0.15) is 0 Å². The number of nitrogens with zero attached hydrogens (tertiary/aromatic N) is 3. The minimum absolute atomic E-state index is 0.494. The number of pyridine rings is 1. The van der Waals surface area contributed by atoms with Crippen molar-refractivity contribution >= 4 is 33.9 Å². The maximum absolute atomic E-state index is 5.78. The van der Waals surface area contributed by atoms with Gasteiger partial charge in [-0.15, -0.1) is 11.3 Å². The van der Waals surface area contributed by atoms with Crippen LogP contribution in [0.3, 0.4) is 0 Å². The van der Waals surface area contributed by atoms with E-state index >= 15 is 0 Å². The van der Waals surface area contributed by atoms with Gasteiger partial charge in [0.05, 0.1) is 5.69 Å². The molecule has 6 heteroatoms. The zero-order chi connectivity index (χ0) is 13.1. The van der Waals surface area contributed by atoms with Crippen molar-refractivity contribution in [1.29, 1.82) is 0 Å². The van der Waals surface area contributed by atoms with Gasteiger partial charge in [0.15, 0.2) is 5.13 Å². The molecule has 0 atom stereocenters. The lowest BCUT2D eigenvalue weighted by Crippen LogP contribution is -2.15. The first-order chi connectivity index (χ1) is 9.31. The third kappa shape index (κ3) is 3.11. The van der Waals surface area contributed by atoms with Gasteiger partial charge >= 0.3 is 0 Å². The van der Waals surface area contributed by atoms with Crippen LogP contribution in [0.5, 0.6) is 0 Å². The average Bonchev–Trinajstić information content (AvgIpc) is 2.89. The minimum Gasteiger partial charge on any atom is -0.320 e. The molecule has 1 N–H and O–H groups in total. The SMILES string of the molecule is Clc1ccc(-c2csc(NC3=NCCCC3)n2)cn1. The predicted molar refractivity (Wildman–Crippen MR) is 80.1 cm³/mol. The number of hydrogen-bond acceptors (Lipinski definition) is 5. The highest BCUT2D eigenvalue weighted by Crippen LogP contribution is 2.25. The Kier molecular flexibility index (Phi) is 3.75. The summed E-state index contributed by atoms with van der Waals surface area (Å²) in [4.78, 5) is 13.1. The van der Waals surface area contributed by atoms with E-state index < -0.39 is 0 Å². The fourth-order valence-corrected chi connectivity index (χ4v) is 2.77. The highest BCUT2D eigenvalue weighted by Gasteiger charge is 2.09. The van der Waals surface area contributed by atoms with E-state index in [0.717, 1.165) is 35.2 Å².